The first-order valence-corrected chi connectivity index (χ1v) is 6.45. The van der Waals surface area contributed by atoms with Crippen molar-refractivity contribution in [2.45, 2.75) is 6.04 Å². The van der Waals surface area contributed by atoms with Gasteiger partial charge in [-0.2, -0.15) is 0 Å². The van der Waals surface area contributed by atoms with E-state index in [1.165, 1.54) is 11.3 Å². The summed E-state index contributed by atoms with van der Waals surface area (Å²) in [6, 6.07) is 0.968. The predicted molar refractivity (Wildman–Crippen MR) is 67.3 cm³/mol. The zero-order valence-corrected chi connectivity index (χ0v) is 11.7. The van der Waals surface area contributed by atoms with Gasteiger partial charge in [0, 0.05) is 23.0 Å². The predicted octanol–water partition coefficient (Wildman–Crippen LogP) is 2.53. The molecule has 0 aromatic carbocycles. The molecule has 4 nitrogen and oxygen atoms in total. The van der Waals surface area contributed by atoms with Crippen LogP contribution in [0.5, 0.6) is 0 Å². The van der Waals surface area contributed by atoms with E-state index in [0.717, 1.165) is 0 Å². The molecule has 0 spiro atoms. The van der Waals surface area contributed by atoms with Gasteiger partial charge in [0.05, 0.1) is 6.61 Å². The highest BCUT2D eigenvalue weighted by atomic mass is 79.9. The molecule has 0 saturated heterocycles. The molecule has 0 aliphatic rings. The molecule has 16 heavy (non-hydrogen) atoms. The number of hydrogen-bond donors (Lipinski definition) is 2. The zero-order chi connectivity index (χ0) is 12.1. The lowest BCUT2D eigenvalue weighted by molar-refractivity contribution is -0.139. The number of carboxylic acid groups (broad SMARTS) is 1. The lowest BCUT2D eigenvalue weighted by atomic mass is 10.2. The Morgan fingerprint density at radius 3 is 2.94 bits per heavy atom. The van der Waals surface area contributed by atoms with Crippen LogP contribution in [0.25, 0.3) is 0 Å². The number of methoxy groups -OCH3 is 1. The summed E-state index contributed by atoms with van der Waals surface area (Å²) in [6.07, 6.45) is 0. The quantitative estimate of drug-likeness (QED) is 0.788. The van der Waals surface area contributed by atoms with Crippen LogP contribution in [0.15, 0.2) is 10.5 Å². The molecule has 1 heterocycles. The van der Waals surface area contributed by atoms with Gasteiger partial charge >= 0.3 is 5.97 Å². The average molecular weight is 329 g/mol. The van der Waals surface area contributed by atoms with Crippen LogP contribution in [0.1, 0.15) is 10.9 Å². The molecule has 0 saturated carbocycles. The lowest BCUT2D eigenvalue weighted by Gasteiger charge is -2.11. The number of ether oxygens (including phenoxy) is 1. The van der Waals surface area contributed by atoms with E-state index in [0.29, 0.717) is 26.8 Å². The fourth-order valence-electron chi connectivity index (χ4n) is 1.12. The van der Waals surface area contributed by atoms with Crippen LogP contribution in [0.2, 0.25) is 4.34 Å². The molecule has 0 radical (unpaired) electrons. The van der Waals surface area contributed by atoms with E-state index in [-0.39, 0.29) is 0 Å². The van der Waals surface area contributed by atoms with Crippen LogP contribution in [-0.2, 0) is 9.53 Å². The largest absolute Gasteiger partial charge is 0.480 e. The van der Waals surface area contributed by atoms with Crippen molar-refractivity contribution in [3.05, 3.63) is 19.8 Å². The number of nitrogens with one attached hydrogen (secondary N) is 1. The minimum absolute atomic E-state index is 0.462. The molecule has 90 valence electrons. The Labute approximate surface area is 111 Å². The first-order chi connectivity index (χ1) is 7.56. The van der Waals surface area contributed by atoms with Crippen molar-refractivity contribution in [1.82, 2.24) is 5.32 Å². The summed E-state index contributed by atoms with van der Waals surface area (Å²) in [5, 5.41) is 12.0. The second-order valence-electron chi connectivity index (χ2n) is 2.99. The van der Waals surface area contributed by atoms with Crippen molar-refractivity contribution in [2.24, 2.45) is 0 Å². The van der Waals surface area contributed by atoms with E-state index in [1.807, 2.05) is 0 Å². The number of halogens is 2. The van der Waals surface area contributed by atoms with Gasteiger partial charge in [-0.15, -0.1) is 11.3 Å². The Morgan fingerprint density at radius 1 is 1.81 bits per heavy atom. The summed E-state index contributed by atoms with van der Waals surface area (Å²) < 4.78 is 6.12. The van der Waals surface area contributed by atoms with Crippen LogP contribution in [0.3, 0.4) is 0 Å². The van der Waals surface area contributed by atoms with Gasteiger partial charge < -0.3 is 9.84 Å². The van der Waals surface area contributed by atoms with E-state index < -0.39 is 12.0 Å². The summed E-state index contributed by atoms with van der Waals surface area (Å²) in [5.74, 6) is -0.929. The minimum Gasteiger partial charge on any atom is -0.480 e. The van der Waals surface area contributed by atoms with Crippen LogP contribution in [-0.4, -0.2) is 31.3 Å². The molecule has 0 amide bonds. The van der Waals surface area contributed by atoms with Gasteiger partial charge in [0.25, 0.3) is 0 Å². The highest BCUT2D eigenvalue weighted by Crippen LogP contribution is 2.35. The van der Waals surface area contributed by atoms with E-state index in [1.54, 1.807) is 13.2 Å². The Morgan fingerprint density at radius 2 is 2.50 bits per heavy atom. The summed E-state index contributed by atoms with van der Waals surface area (Å²) in [7, 11) is 1.57. The molecular weight excluding hydrogens is 318 g/mol. The normalized spacial score (nSPS) is 12.7. The summed E-state index contributed by atoms with van der Waals surface area (Å²) >= 11 is 10.4. The third kappa shape index (κ3) is 3.71. The van der Waals surface area contributed by atoms with E-state index >= 15 is 0 Å². The maximum atomic E-state index is 11.1. The second kappa shape index (κ2) is 6.56. The molecule has 1 aromatic heterocycles. The smallest absolute Gasteiger partial charge is 0.326 e. The lowest BCUT2D eigenvalue weighted by Crippen LogP contribution is -2.30. The fourth-order valence-corrected chi connectivity index (χ4v) is 2.93. The zero-order valence-electron chi connectivity index (χ0n) is 8.50. The number of carboxylic acids is 1. The third-order valence-electron chi connectivity index (χ3n) is 1.85. The molecule has 0 aliphatic heterocycles. The van der Waals surface area contributed by atoms with Crippen LogP contribution >= 0.6 is 38.9 Å². The van der Waals surface area contributed by atoms with Crippen molar-refractivity contribution in [2.75, 3.05) is 20.3 Å². The average Bonchev–Trinajstić information content (AvgIpc) is 2.53. The van der Waals surface area contributed by atoms with Crippen molar-refractivity contribution < 1.29 is 14.6 Å². The molecule has 0 fully saturated rings. The third-order valence-corrected chi connectivity index (χ3v) is 4.39. The monoisotopic (exact) mass is 327 g/mol. The van der Waals surface area contributed by atoms with Gasteiger partial charge in [-0.1, -0.05) is 11.6 Å². The highest BCUT2D eigenvalue weighted by molar-refractivity contribution is 9.10. The van der Waals surface area contributed by atoms with Crippen molar-refractivity contribution in [3.8, 4) is 0 Å². The first kappa shape index (κ1) is 13.9. The molecule has 1 rings (SSSR count). The number of thiophene rings is 1. The molecule has 1 atom stereocenters. The van der Waals surface area contributed by atoms with Gasteiger partial charge in [0.1, 0.15) is 10.4 Å². The maximum absolute atomic E-state index is 11.1. The van der Waals surface area contributed by atoms with Crippen LogP contribution in [0.4, 0.5) is 0 Å². The van der Waals surface area contributed by atoms with E-state index in [9.17, 15) is 4.79 Å². The summed E-state index contributed by atoms with van der Waals surface area (Å²) in [4.78, 5) is 11.7. The van der Waals surface area contributed by atoms with E-state index in [4.69, 9.17) is 21.4 Å². The molecule has 0 aliphatic carbocycles. The van der Waals surface area contributed by atoms with Gasteiger partial charge in [-0.05, 0) is 22.0 Å². The number of hydrogen-bond acceptors (Lipinski definition) is 4. The SMILES string of the molecule is COCCNC(C(=O)O)c1cc(Br)c(Cl)s1. The van der Waals surface area contributed by atoms with Crippen LogP contribution in [0, 0.1) is 0 Å². The molecule has 0 bridgehead atoms. The van der Waals surface area contributed by atoms with Crippen molar-refractivity contribution in [1.29, 1.82) is 0 Å². The number of carbonyl (C=O) groups is 1. The maximum Gasteiger partial charge on any atom is 0.326 e. The molecule has 1 unspecified atom stereocenters. The van der Waals surface area contributed by atoms with Gasteiger partial charge in [-0.3, -0.25) is 10.1 Å². The molecule has 2 N–H and O–H groups in total. The van der Waals surface area contributed by atoms with E-state index in [2.05, 4.69) is 21.2 Å². The molecule has 7 heteroatoms. The first-order valence-electron chi connectivity index (χ1n) is 4.46. The topological polar surface area (TPSA) is 58.6 Å². The molecule has 1 aromatic rings. The Bertz CT molecular complexity index is 352. The summed E-state index contributed by atoms with van der Waals surface area (Å²) in [5.41, 5.74) is 0. The van der Waals surface area contributed by atoms with Crippen LogP contribution < -0.4 is 5.32 Å². The summed E-state index contributed by atoms with van der Waals surface area (Å²) in [6.45, 7) is 0.935. The van der Waals surface area contributed by atoms with Crippen molar-refractivity contribution >= 4 is 44.8 Å². The Hall–Kier alpha value is -0.140. The Balaban J connectivity index is 2.73. The van der Waals surface area contributed by atoms with Gasteiger partial charge in [0.15, 0.2) is 0 Å². The Kier molecular flexibility index (Phi) is 5.71. The van der Waals surface area contributed by atoms with Crippen molar-refractivity contribution in [3.63, 3.8) is 0 Å². The second-order valence-corrected chi connectivity index (χ2v) is 5.53. The number of aliphatic carboxylic acids is 1. The highest BCUT2D eigenvalue weighted by Gasteiger charge is 2.22. The minimum atomic E-state index is -0.929. The fraction of sp³-hybridized carbons (Fsp3) is 0.444. The molecular formula is C9H11BrClNO3S. The van der Waals surface area contributed by atoms with Gasteiger partial charge in [0.2, 0.25) is 0 Å². The standard InChI is InChI=1S/C9H11BrClNO3S/c1-15-3-2-12-7(9(13)14)6-4-5(10)8(11)16-6/h4,7,12H,2-3H2,1H3,(H,13,14). The number of rotatable bonds is 6. The van der Waals surface area contributed by atoms with Gasteiger partial charge in [-0.25, -0.2) is 0 Å².